The highest BCUT2D eigenvalue weighted by molar-refractivity contribution is 8.00. The number of carbonyl (C=O) groups excluding carboxylic acids is 2. The molecular formula is C21H26N2O2S. The van der Waals surface area contributed by atoms with E-state index in [1.807, 2.05) is 30.3 Å². The lowest BCUT2D eigenvalue weighted by molar-refractivity contribution is -0.116. The Balaban J connectivity index is 1.91. The zero-order valence-electron chi connectivity index (χ0n) is 15.6. The first-order valence-corrected chi connectivity index (χ1v) is 9.75. The molecular weight excluding hydrogens is 344 g/mol. The van der Waals surface area contributed by atoms with Gasteiger partial charge in [-0.1, -0.05) is 62.9 Å². The fourth-order valence-corrected chi connectivity index (χ4v) is 3.20. The molecule has 0 saturated heterocycles. The van der Waals surface area contributed by atoms with Gasteiger partial charge < -0.3 is 5.32 Å². The summed E-state index contributed by atoms with van der Waals surface area (Å²) in [5.74, 6) is 0.278. The van der Waals surface area contributed by atoms with Crippen LogP contribution in [-0.4, -0.2) is 29.0 Å². The number of ketones is 1. The lowest BCUT2D eigenvalue weighted by Gasteiger charge is -2.18. The standard InChI is InChI=1S/C21H26N2O2S/c1-21(2,3)11-13-22-19(25)18-10-7-12-23-20(18)26-15-17(24)14-16-8-5-4-6-9-16/h4-10,12H,11,13-15H2,1-3H3,(H,22,25). The topological polar surface area (TPSA) is 59.1 Å². The second-order valence-corrected chi connectivity index (χ2v) is 8.38. The maximum atomic E-state index is 12.4. The van der Waals surface area contributed by atoms with Crippen LogP contribution >= 0.6 is 11.8 Å². The van der Waals surface area contributed by atoms with E-state index < -0.39 is 0 Å². The van der Waals surface area contributed by atoms with Gasteiger partial charge in [-0.05, 0) is 29.5 Å². The molecule has 0 aliphatic carbocycles. The highest BCUT2D eigenvalue weighted by Crippen LogP contribution is 2.21. The number of thioether (sulfide) groups is 1. The van der Waals surface area contributed by atoms with E-state index in [0.717, 1.165) is 12.0 Å². The van der Waals surface area contributed by atoms with Crippen molar-refractivity contribution in [3.8, 4) is 0 Å². The normalized spacial score (nSPS) is 11.2. The van der Waals surface area contributed by atoms with Crippen molar-refractivity contribution < 1.29 is 9.59 Å². The van der Waals surface area contributed by atoms with Gasteiger partial charge >= 0.3 is 0 Å². The Bertz CT molecular complexity index is 739. The molecule has 0 saturated carbocycles. The van der Waals surface area contributed by atoms with Crippen molar-refractivity contribution in [2.24, 2.45) is 5.41 Å². The molecule has 0 radical (unpaired) electrons. The minimum absolute atomic E-state index is 0.117. The second kappa shape index (κ2) is 9.53. The molecule has 4 nitrogen and oxygen atoms in total. The first-order chi connectivity index (χ1) is 12.3. The van der Waals surface area contributed by atoms with Crippen LogP contribution in [0.4, 0.5) is 0 Å². The van der Waals surface area contributed by atoms with E-state index in [2.05, 4.69) is 31.1 Å². The Kier molecular flexibility index (Phi) is 7.39. The molecule has 5 heteroatoms. The van der Waals surface area contributed by atoms with Crippen LogP contribution in [0.2, 0.25) is 0 Å². The van der Waals surface area contributed by atoms with Crippen molar-refractivity contribution in [1.82, 2.24) is 10.3 Å². The van der Waals surface area contributed by atoms with E-state index in [1.54, 1.807) is 18.3 Å². The van der Waals surface area contributed by atoms with E-state index in [9.17, 15) is 9.59 Å². The number of hydrogen-bond donors (Lipinski definition) is 1. The van der Waals surface area contributed by atoms with Gasteiger partial charge in [0.1, 0.15) is 10.8 Å². The highest BCUT2D eigenvalue weighted by atomic mass is 32.2. The molecule has 0 unspecified atom stereocenters. The number of Topliss-reactive ketones (excluding diaryl/α,β-unsaturated/α-hetero) is 1. The van der Waals surface area contributed by atoms with Crippen LogP contribution < -0.4 is 5.32 Å². The van der Waals surface area contributed by atoms with E-state index >= 15 is 0 Å². The molecule has 1 amide bonds. The quantitative estimate of drug-likeness (QED) is 0.709. The van der Waals surface area contributed by atoms with E-state index in [4.69, 9.17) is 0 Å². The predicted octanol–water partition coefficient (Wildman–Crippen LogP) is 4.15. The Morgan fingerprint density at radius 3 is 2.50 bits per heavy atom. The van der Waals surface area contributed by atoms with Crippen LogP contribution in [0.15, 0.2) is 53.7 Å². The number of amides is 1. The summed E-state index contributed by atoms with van der Waals surface area (Å²) in [5.41, 5.74) is 1.70. The number of pyridine rings is 1. The maximum absolute atomic E-state index is 12.4. The van der Waals surface area contributed by atoms with Crippen LogP contribution in [0.25, 0.3) is 0 Å². The molecule has 1 aromatic heterocycles. The van der Waals surface area contributed by atoms with Crippen molar-refractivity contribution >= 4 is 23.5 Å². The fourth-order valence-electron chi connectivity index (χ4n) is 2.35. The molecule has 138 valence electrons. The number of carbonyl (C=O) groups is 2. The molecule has 0 spiro atoms. The Hall–Kier alpha value is -2.14. The average molecular weight is 371 g/mol. The molecule has 0 atom stereocenters. The average Bonchev–Trinajstić information content (AvgIpc) is 2.60. The van der Waals surface area contributed by atoms with Crippen LogP contribution in [0.5, 0.6) is 0 Å². The van der Waals surface area contributed by atoms with Crippen LogP contribution in [0.3, 0.4) is 0 Å². The van der Waals surface area contributed by atoms with E-state index in [0.29, 0.717) is 29.3 Å². The third kappa shape index (κ3) is 7.00. The third-order valence-corrected chi connectivity index (χ3v) is 4.86. The van der Waals surface area contributed by atoms with Gasteiger partial charge in [-0.15, -0.1) is 0 Å². The third-order valence-electron chi connectivity index (χ3n) is 3.79. The summed E-state index contributed by atoms with van der Waals surface area (Å²) in [6, 6.07) is 13.2. The lowest BCUT2D eigenvalue weighted by atomic mass is 9.92. The van der Waals surface area contributed by atoms with Gasteiger partial charge in [0.05, 0.1) is 11.3 Å². The van der Waals surface area contributed by atoms with Crippen LogP contribution in [0, 0.1) is 5.41 Å². The summed E-state index contributed by atoms with van der Waals surface area (Å²) >= 11 is 1.32. The number of hydrogen-bond acceptors (Lipinski definition) is 4. The van der Waals surface area contributed by atoms with Gasteiger partial charge in [0.15, 0.2) is 0 Å². The molecule has 0 fully saturated rings. The van der Waals surface area contributed by atoms with E-state index in [-0.39, 0.29) is 17.1 Å². The molecule has 0 aliphatic rings. The molecule has 0 bridgehead atoms. The smallest absolute Gasteiger partial charge is 0.254 e. The van der Waals surface area contributed by atoms with Gasteiger partial charge in [-0.25, -0.2) is 4.98 Å². The van der Waals surface area contributed by atoms with Crippen molar-refractivity contribution in [2.75, 3.05) is 12.3 Å². The van der Waals surface area contributed by atoms with Gasteiger partial charge in [0, 0.05) is 19.2 Å². The van der Waals surface area contributed by atoms with Gasteiger partial charge in [0.2, 0.25) is 0 Å². The Labute approximate surface area is 159 Å². The summed E-state index contributed by atoms with van der Waals surface area (Å²) in [6.07, 6.45) is 2.95. The Morgan fingerprint density at radius 2 is 1.81 bits per heavy atom. The van der Waals surface area contributed by atoms with Crippen molar-refractivity contribution in [3.63, 3.8) is 0 Å². The van der Waals surface area contributed by atoms with Crippen molar-refractivity contribution in [1.29, 1.82) is 0 Å². The number of nitrogens with one attached hydrogen (secondary N) is 1. The lowest BCUT2D eigenvalue weighted by Crippen LogP contribution is -2.27. The number of rotatable bonds is 8. The zero-order chi connectivity index (χ0) is 19.0. The number of nitrogens with zero attached hydrogens (tertiary/aromatic N) is 1. The molecule has 1 aromatic carbocycles. The van der Waals surface area contributed by atoms with Crippen molar-refractivity contribution in [3.05, 3.63) is 59.8 Å². The SMILES string of the molecule is CC(C)(C)CCNC(=O)c1cccnc1SCC(=O)Cc1ccccc1. The Morgan fingerprint density at radius 1 is 1.08 bits per heavy atom. The second-order valence-electron chi connectivity index (χ2n) is 7.41. The number of aromatic nitrogens is 1. The predicted molar refractivity (Wildman–Crippen MR) is 107 cm³/mol. The molecule has 1 heterocycles. The summed E-state index contributed by atoms with van der Waals surface area (Å²) in [4.78, 5) is 28.9. The molecule has 0 aliphatic heterocycles. The van der Waals surface area contributed by atoms with Gasteiger partial charge in [-0.3, -0.25) is 9.59 Å². The molecule has 26 heavy (non-hydrogen) atoms. The first kappa shape index (κ1) is 20.2. The zero-order valence-corrected chi connectivity index (χ0v) is 16.4. The first-order valence-electron chi connectivity index (χ1n) is 8.77. The monoisotopic (exact) mass is 370 g/mol. The summed E-state index contributed by atoms with van der Waals surface area (Å²) in [7, 11) is 0. The maximum Gasteiger partial charge on any atom is 0.254 e. The molecule has 2 aromatic rings. The highest BCUT2D eigenvalue weighted by Gasteiger charge is 2.15. The summed E-state index contributed by atoms with van der Waals surface area (Å²) in [5, 5.41) is 3.55. The van der Waals surface area contributed by atoms with Crippen LogP contribution in [-0.2, 0) is 11.2 Å². The minimum atomic E-state index is -0.139. The summed E-state index contributed by atoms with van der Waals surface area (Å²) < 4.78 is 0. The van der Waals surface area contributed by atoms with Crippen molar-refractivity contribution in [2.45, 2.75) is 38.6 Å². The summed E-state index contributed by atoms with van der Waals surface area (Å²) in [6.45, 7) is 7.04. The number of benzene rings is 1. The van der Waals surface area contributed by atoms with E-state index in [1.165, 1.54) is 11.8 Å². The minimum Gasteiger partial charge on any atom is -0.352 e. The largest absolute Gasteiger partial charge is 0.352 e. The van der Waals surface area contributed by atoms with Gasteiger partial charge in [-0.2, -0.15) is 0 Å². The molecule has 2 rings (SSSR count). The fraction of sp³-hybridized carbons (Fsp3) is 0.381. The molecule has 1 N–H and O–H groups in total. The van der Waals surface area contributed by atoms with Crippen LogP contribution in [0.1, 0.15) is 43.1 Å². The van der Waals surface area contributed by atoms with Gasteiger partial charge in [0.25, 0.3) is 5.91 Å².